The summed E-state index contributed by atoms with van der Waals surface area (Å²) < 4.78 is 158. The molecular weight excluding hydrogens is 679 g/mol. The van der Waals surface area contributed by atoms with E-state index < -0.39 is 82.4 Å². The molecule has 0 amide bonds. The highest BCUT2D eigenvalue weighted by atomic mass is 127. The summed E-state index contributed by atoms with van der Waals surface area (Å²) in [5.41, 5.74) is -10.8. The van der Waals surface area contributed by atoms with E-state index in [1.54, 1.807) is 0 Å². The van der Waals surface area contributed by atoms with Crippen LogP contribution < -0.4 is 11.2 Å². The van der Waals surface area contributed by atoms with E-state index in [1.807, 2.05) is 0 Å². The molecule has 3 aromatic rings. The van der Waals surface area contributed by atoms with Crippen LogP contribution in [0.2, 0.25) is 0 Å². The van der Waals surface area contributed by atoms with Crippen molar-refractivity contribution in [1.29, 1.82) is 0 Å². The first kappa shape index (κ1) is 30.6. The molecule has 0 unspecified atom stereocenters. The molecule has 0 aliphatic heterocycles. The summed E-state index contributed by atoms with van der Waals surface area (Å²) >= 11 is 1.34. The summed E-state index contributed by atoms with van der Waals surface area (Å²) in [5, 5.41) is 0. The van der Waals surface area contributed by atoms with Gasteiger partial charge in [0.1, 0.15) is 0 Å². The molecule has 17 heteroatoms. The maximum absolute atomic E-state index is 13.2. The lowest BCUT2D eigenvalue weighted by Crippen LogP contribution is -2.41. The van der Waals surface area contributed by atoms with Gasteiger partial charge >= 0.3 is 30.4 Å². The van der Waals surface area contributed by atoms with Gasteiger partial charge in [-0.1, -0.05) is 0 Å². The average Bonchev–Trinajstić information content (AvgIpc) is 2.77. The molecule has 0 aliphatic rings. The highest BCUT2D eigenvalue weighted by molar-refractivity contribution is 14.1. The largest absolute Gasteiger partial charge is 0.416 e. The van der Waals surface area contributed by atoms with Crippen LogP contribution in [0.3, 0.4) is 0 Å². The van der Waals surface area contributed by atoms with Gasteiger partial charge in [0.05, 0.1) is 38.9 Å². The fourth-order valence-corrected chi connectivity index (χ4v) is 4.10. The molecule has 0 radical (unpaired) electrons. The molecule has 1 heterocycles. The van der Waals surface area contributed by atoms with E-state index in [9.17, 15) is 62.3 Å². The van der Waals surface area contributed by atoms with Crippen LogP contribution in [0, 0.1) is 3.57 Å². The SMILES string of the molecule is O=c1c(I)cn(Cc2cc(C(F)(F)F)cc(C(F)(F)F)c2)c(=O)n1Cc1cc(C(F)(F)F)cc(C(F)(F)F)c1. The molecule has 1 aromatic heterocycles. The zero-order chi connectivity index (χ0) is 29.7. The van der Waals surface area contributed by atoms with E-state index in [2.05, 4.69) is 0 Å². The molecule has 0 N–H and O–H groups in total. The first-order chi connectivity index (χ1) is 17.6. The molecule has 39 heavy (non-hydrogen) atoms. The third-order valence-corrected chi connectivity index (χ3v) is 5.92. The van der Waals surface area contributed by atoms with Gasteiger partial charge < -0.3 is 0 Å². The first-order valence-corrected chi connectivity index (χ1v) is 11.2. The van der Waals surface area contributed by atoms with E-state index in [0.29, 0.717) is 16.7 Å². The fourth-order valence-electron chi connectivity index (χ4n) is 3.47. The Hall–Kier alpha value is -2.99. The lowest BCUT2D eigenvalue weighted by atomic mass is 10.0. The Morgan fingerprint density at radius 2 is 0.897 bits per heavy atom. The summed E-state index contributed by atoms with van der Waals surface area (Å²) in [5.74, 6) is 0. The van der Waals surface area contributed by atoms with Gasteiger partial charge in [-0.2, -0.15) is 52.7 Å². The van der Waals surface area contributed by atoms with Crippen LogP contribution >= 0.6 is 22.6 Å². The predicted octanol–water partition coefficient (Wildman–Crippen LogP) is 6.79. The average molecular weight is 690 g/mol. The van der Waals surface area contributed by atoms with Gasteiger partial charge in [-0.3, -0.25) is 13.9 Å². The van der Waals surface area contributed by atoms with Crippen LogP contribution in [0.15, 0.2) is 52.2 Å². The second kappa shape index (κ2) is 10.2. The molecule has 0 spiro atoms. The lowest BCUT2D eigenvalue weighted by molar-refractivity contribution is -0.144. The number of aromatic nitrogens is 2. The number of hydrogen-bond acceptors (Lipinski definition) is 2. The summed E-state index contributed by atoms with van der Waals surface area (Å²) in [6.45, 7) is -2.06. The highest BCUT2D eigenvalue weighted by Crippen LogP contribution is 2.37. The van der Waals surface area contributed by atoms with Gasteiger partial charge in [0, 0.05) is 6.20 Å². The zero-order valence-electron chi connectivity index (χ0n) is 18.6. The molecule has 0 aliphatic carbocycles. The Morgan fingerprint density at radius 1 is 0.564 bits per heavy atom. The number of alkyl halides is 12. The maximum atomic E-state index is 13.2. The monoisotopic (exact) mass is 690 g/mol. The summed E-state index contributed by atoms with van der Waals surface area (Å²) in [6.07, 6.45) is -20.1. The van der Waals surface area contributed by atoms with Gasteiger partial charge in [-0.15, -0.1) is 0 Å². The molecule has 2 aromatic carbocycles. The number of nitrogens with zero attached hydrogens (tertiary/aromatic N) is 2. The van der Waals surface area contributed by atoms with E-state index in [1.165, 1.54) is 22.6 Å². The van der Waals surface area contributed by atoms with Gasteiger partial charge in [0.25, 0.3) is 5.56 Å². The zero-order valence-corrected chi connectivity index (χ0v) is 20.7. The fraction of sp³-hybridized carbons (Fsp3) is 0.273. The summed E-state index contributed by atoms with van der Waals surface area (Å²) in [7, 11) is 0. The Bertz CT molecular complexity index is 1450. The minimum absolute atomic E-state index is 0.150. The number of rotatable bonds is 4. The Balaban J connectivity index is 2.15. The molecule has 4 nitrogen and oxygen atoms in total. The third kappa shape index (κ3) is 7.16. The standard InChI is InChI=1S/C22H11F12IN2O2/c23-19(24,25)12-1-10(2-13(5-12)20(26,27)28)7-36-9-16(35)17(38)37(18(36)39)8-11-3-14(21(29,30)31)6-15(4-11)22(32,33)34/h1-6,9H,7-8H2. The quantitative estimate of drug-likeness (QED) is 0.224. The van der Waals surface area contributed by atoms with Crippen molar-refractivity contribution in [1.82, 2.24) is 9.13 Å². The van der Waals surface area contributed by atoms with Crippen molar-refractivity contribution >= 4 is 22.6 Å². The Kier molecular flexibility index (Phi) is 7.99. The second-order valence-electron chi connectivity index (χ2n) is 8.11. The summed E-state index contributed by atoms with van der Waals surface area (Å²) in [4.78, 5) is 25.4. The molecule has 0 fully saturated rings. The van der Waals surface area contributed by atoms with Crippen molar-refractivity contribution in [2.24, 2.45) is 0 Å². The van der Waals surface area contributed by atoms with Crippen LogP contribution in [0.4, 0.5) is 52.7 Å². The predicted molar refractivity (Wildman–Crippen MR) is 119 cm³/mol. The van der Waals surface area contributed by atoms with Crippen LogP contribution in [-0.2, 0) is 37.8 Å². The highest BCUT2D eigenvalue weighted by Gasteiger charge is 2.38. The minimum atomic E-state index is -5.23. The Labute approximate surface area is 222 Å². The number of halogens is 13. The summed E-state index contributed by atoms with van der Waals surface area (Å²) in [6, 6.07) is 0.869. The minimum Gasteiger partial charge on any atom is -0.295 e. The van der Waals surface area contributed by atoms with Crippen molar-refractivity contribution in [3.05, 3.63) is 100 Å². The third-order valence-electron chi connectivity index (χ3n) is 5.18. The number of benzene rings is 2. The van der Waals surface area contributed by atoms with E-state index >= 15 is 0 Å². The van der Waals surface area contributed by atoms with Crippen molar-refractivity contribution in [2.45, 2.75) is 37.8 Å². The lowest BCUT2D eigenvalue weighted by Gasteiger charge is -2.17. The maximum Gasteiger partial charge on any atom is 0.416 e. The van der Waals surface area contributed by atoms with Crippen LogP contribution in [0.25, 0.3) is 0 Å². The molecule has 0 saturated carbocycles. The topological polar surface area (TPSA) is 44.0 Å². The van der Waals surface area contributed by atoms with Crippen molar-refractivity contribution in [3.8, 4) is 0 Å². The van der Waals surface area contributed by atoms with Crippen molar-refractivity contribution in [2.75, 3.05) is 0 Å². The first-order valence-electron chi connectivity index (χ1n) is 10.1. The van der Waals surface area contributed by atoms with E-state index in [-0.39, 0.29) is 32.4 Å². The number of hydrogen-bond donors (Lipinski definition) is 0. The molecule has 212 valence electrons. The van der Waals surface area contributed by atoms with Crippen LogP contribution in [0.1, 0.15) is 33.4 Å². The van der Waals surface area contributed by atoms with Gasteiger partial charge in [0.2, 0.25) is 0 Å². The smallest absolute Gasteiger partial charge is 0.295 e. The van der Waals surface area contributed by atoms with Crippen LogP contribution in [-0.4, -0.2) is 9.13 Å². The molecule has 0 saturated heterocycles. The second-order valence-corrected chi connectivity index (χ2v) is 9.27. The molecule has 3 rings (SSSR count). The van der Waals surface area contributed by atoms with E-state index in [4.69, 9.17) is 0 Å². The normalized spacial score (nSPS) is 13.2. The Morgan fingerprint density at radius 3 is 1.23 bits per heavy atom. The molecular formula is C22H11F12IN2O2. The van der Waals surface area contributed by atoms with Gasteiger partial charge in [-0.25, -0.2) is 4.79 Å². The van der Waals surface area contributed by atoms with E-state index in [0.717, 1.165) is 6.20 Å². The molecule has 0 atom stereocenters. The van der Waals surface area contributed by atoms with Gasteiger partial charge in [-0.05, 0) is 70.1 Å². The van der Waals surface area contributed by atoms with Gasteiger partial charge in [0.15, 0.2) is 0 Å². The van der Waals surface area contributed by atoms with Crippen molar-refractivity contribution < 1.29 is 52.7 Å². The van der Waals surface area contributed by atoms with Crippen LogP contribution in [0.5, 0.6) is 0 Å². The molecule has 0 bridgehead atoms. The van der Waals surface area contributed by atoms with Crippen molar-refractivity contribution in [3.63, 3.8) is 0 Å².